The fourth-order valence-corrected chi connectivity index (χ4v) is 3.66. The summed E-state index contributed by atoms with van der Waals surface area (Å²) in [5, 5.41) is 9.65. The van der Waals surface area contributed by atoms with Gasteiger partial charge in [-0.1, -0.05) is 0 Å². The largest absolute Gasteiger partial charge is 0.497 e. The predicted molar refractivity (Wildman–Crippen MR) is 109 cm³/mol. The van der Waals surface area contributed by atoms with Gasteiger partial charge in [0.1, 0.15) is 11.5 Å². The van der Waals surface area contributed by atoms with Crippen molar-refractivity contribution in [1.29, 1.82) is 0 Å². The van der Waals surface area contributed by atoms with E-state index in [9.17, 15) is 9.59 Å². The number of amides is 2. The number of H-pyrrole nitrogens is 1. The molecule has 1 atom stereocenters. The molecule has 2 heterocycles. The first-order valence-electron chi connectivity index (χ1n) is 9.82. The predicted octanol–water partition coefficient (Wildman–Crippen LogP) is 3.01. The van der Waals surface area contributed by atoms with Gasteiger partial charge in [-0.25, -0.2) is 0 Å². The van der Waals surface area contributed by atoms with Crippen LogP contribution in [0.4, 0.5) is 5.69 Å². The van der Waals surface area contributed by atoms with Gasteiger partial charge in [-0.15, -0.1) is 0 Å². The normalized spacial score (nSPS) is 16.4. The average molecular weight is 400 g/mol. The maximum atomic E-state index is 12.7. The topological polar surface area (TPSA) is 96.5 Å². The molecule has 0 spiro atoms. The third kappa shape index (κ3) is 5.28. The molecule has 0 unspecified atom stereocenters. The lowest BCUT2D eigenvalue weighted by atomic mass is 9.93. The van der Waals surface area contributed by atoms with Crippen LogP contribution in [-0.4, -0.2) is 54.2 Å². The molecule has 2 N–H and O–H groups in total. The first-order chi connectivity index (χ1) is 14.0. The number of carbonyl (C=O) groups is 2. The summed E-state index contributed by atoms with van der Waals surface area (Å²) in [6.07, 6.45) is 4.69. The van der Waals surface area contributed by atoms with Gasteiger partial charge < -0.3 is 19.7 Å². The van der Waals surface area contributed by atoms with Crippen LogP contribution in [0.25, 0.3) is 0 Å². The van der Waals surface area contributed by atoms with Crippen LogP contribution in [0.5, 0.6) is 11.5 Å². The van der Waals surface area contributed by atoms with Crippen molar-refractivity contribution in [3.8, 4) is 11.5 Å². The Bertz CT molecular complexity index is 842. The molecule has 2 amide bonds. The minimum Gasteiger partial charge on any atom is -0.497 e. The van der Waals surface area contributed by atoms with Crippen LogP contribution < -0.4 is 14.8 Å². The number of carbonyl (C=O) groups excluding carboxylic acids is 2. The molecule has 156 valence electrons. The van der Waals surface area contributed by atoms with Crippen LogP contribution in [0.3, 0.4) is 0 Å². The van der Waals surface area contributed by atoms with E-state index in [1.54, 1.807) is 38.6 Å². The molecular formula is C21H28N4O4. The van der Waals surface area contributed by atoms with Gasteiger partial charge in [0.25, 0.3) is 5.91 Å². The van der Waals surface area contributed by atoms with Crippen molar-refractivity contribution in [2.45, 2.75) is 32.6 Å². The number of methoxy groups -OCH3 is 2. The number of benzene rings is 1. The van der Waals surface area contributed by atoms with E-state index in [2.05, 4.69) is 15.5 Å². The summed E-state index contributed by atoms with van der Waals surface area (Å²) in [7, 11) is 3.14. The van der Waals surface area contributed by atoms with Crippen molar-refractivity contribution in [1.82, 2.24) is 15.1 Å². The van der Waals surface area contributed by atoms with E-state index in [4.69, 9.17) is 9.47 Å². The number of hydrogen-bond acceptors (Lipinski definition) is 5. The third-order valence-corrected chi connectivity index (χ3v) is 5.28. The van der Waals surface area contributed by atoms with Crippen LogP contribution in [0.2, 0.25) is 0 Å². The number of hydrogen-bond donors (Lipinski definition) is 2. The summed E-state index contributed by atoms with van der Waals surface area (Å²) >= 11 is 0. The van der Waals surface area contributed by atoms with Crippen LogP contribution in [0, 0.1) is 12.8 Å². The molecule has 0 bridgehead atoms. The lowest BCUT2D eigenvalue weighted by molar-refractivity contribution is -0.116. The number of aromatic amines is 1. The van der Waals surface area contributed by atoms with Crippen molar-refractivity contribution in [2.75, 3.05) is 32.6 Å². The average Bonchev–Trinajstić information content (AvgIpc) is 3.17. The second-order valence-electron chi connectivity index (χ2n) is 7.36. The fraction of sp³-hybridized carbons (Fsp3) is 0.476. The van der Waals surface area contributed by atoms with E-state index >= 15 is 0 Å². The van der Waals surface area contributed by atoms with Crippen LogP contribution >= 0.6 is 0 Å². The van der Waals surface area contributed by atoms with Gasteiger partial charge in [-0.2, -0.15) is 5.10 Å². The number of anilines is 1. The molecule has 3 rings (SSSR count). The summed E-state index contributed by atoms with van der Waals surface area (Å²) in [4.78, 5) is 27.0. The highest BCUT2D eigenvalue weighted by Gasteiger charge is 2.26. The highest BCUT2D eigenvalue weighted by molar-refractivity contribution is 5.95. The Morgan fingerprint density at radius 3 is 2.59 bits per heavy atom. The molecule has 1 aliphatic heterocycles. The van der Waals surface area contributed by atoms with Crippen molar-refractivity contribution in [3.05, 3.63) is 35.7 Å². The molecule has 0 aliphatic carbocycles. The number of nitrogens with one attached hydrogen (secondary N) is 2. The Morgan fingerprint density at radius 2 is 1.97 bits per heavy atom. The Kier molecular flexibility index (Phi) is 6.74. The van der Waals surface area contributed by atoms with E-state index in [-0.39, 0.29) is 11.8 Å². The zero-order valence-electron chi connectivity index (χ0n) is 17.2. The number of piperidine rings is 1. The number of aryl methyl sites for hydroxylation is 1. The molecule has 1 saturated heterocycles. The molecule has 29 heavy (non-hydrogen) atoms. The zero-order valence-corrected chi connectivity index (χ0v) is 17.2. The standard InChI is InChI=1S/C21H28N4O4/c1-14-19(12-22-24-14)21(27)25-8-4-5-15(13-25)6-7-20(26)23-16-9-17(28-2)11-18(10-16)29-3/h9-12,15H,4-8,13H2,1-3H3,(H,22,24)(H,23,26)/t15-/m0/s1. The summed E-state index contributed by atoms with van der Waals surface area (Å²) in [5.41, 5.74) is 2.04. The molecule has 1 aromatic heterocycles. The van der Waals surface area contributed by atoms with E-state index in [1.807, 2.05) is 11.8 Å². The van der Waals surface area contributed by atoms with Gasteiger partial charge in [-0.05, 0) is 32.1 Å². The molecule has 8 heteroatoms. The molecule has 1 aromatic carbocycles. The molecule has 2 aromatic rings. The number of aromatic nitrogens is 2. The number of rotatable bonds is 7. The monoisotopic (exact) mass is 400 g/mol. The fourth-order valence-electron chi connectivity index (χ4n) is 3.66. The molecule has 0 saturated carbocycles. The maximum absolute atomic E-state index is 12.7. The molecule has 1 aliphatic rings. The highest BCUT2D eigenvalue weighted by Crippen LogP contribution is 2.27. The minimum atomic E-state index is -0.0607. The van der Waals surface area contributed by atoms with Gasteiger partial charge in [-0.3, -0.25) is 14.7 Å². The quantitative estimate of drug-likeness (QED) is 0.745. The summed E-state index contributed by atoms with van der Waals surface area (Å²) in [6.45, 7) is 3.26. The van der Waals surface area contributed by atoms with E-state index in [0.717, 1.165) is 31.5 Å². The molecular weight excluding hydrogens is 372 g/mol. The Morgan fingerprint density at radius 1 is 1.24 bits per heavy atom. The van der Waals surface area contributed by atoms with Gasteiger partial charge >= 0.3 is 0 Å². The third-order valence-electron chi connectivity index (χ3n) is 5.28. The van der Waals surface area contributed by atoms with Gasteiger partial charge in [0, 0.05) is 49.1 Å². The van der Waals surface area contributed by atoms with Crippen LogP contribution in [-0.2, 0) is 4.79 Å². The van der Waals surface area contributed by atoms with Gasteiger partial charge in [0.2, 0.25) is 5.91 Å². The second kappa shape index (κ2) is 9.45. The van der Waals surface area contributed by atoms with Crippen molar-refractivity contribution in [2.24, 2.45) is 5.92 Å². The smallest absolute Gasteiger partial charge is 0.257 e. The van der Waals surface area contributed by atoms with E-state index < -0.39 is 0 Å². The number of ether oxygens (including phenoxy) is 2. The number of nitrogens with zero attached hydrogens (tertiary/aromatic N) is 2. The van der Waals surface area contributed by atoms with Crippen molar-refractivity contribution >= 4 is 17.5 Å². The van der Waals surface area contributed by atoms with Gasteiger partial charge in [0.05, 0.1) is 26.0 Å². The molecule has 8 nitrogen and oxygen atoms in total. The summed E-state index contributed by atoms with van der Waals surface area (Å²) < 4.78 is 10.5. The molecule has 0 radical (unpaired) electrons. The first kappa shape index (κ1) is 20.7. The Labute approximate surface area is 170 Å². The maximum Gasteiger partial charge on any atom is 0.257 e. The number of likely N-dealkylation sites (tertiary alicyclic amines) is 1. The van der Waals surface area contributed by atoms with Crippen molar-refractivity contribution in [3.63, 3.8) is 0 Å². The van der Waals surface area contributed by atoms with Gasteiger partial charge in [0.15, 0.2) is 0 Å². The minimum absolute atomic E-state index is 0.00822. The van der Waals surface area contributed by atoms with E-state index in [1.165, 1.54) is 0 Å². The highest BCUT2D eigenvalue weighted by atomic mass is 16.5. The first-order valence-corrected chi connectivity index (χ1v) is 9.82. The van der Waals surface area contributed by atoms with Crippen LogP contribution in [0.1, 0.15) is 41.7 Å². The van der Waals surface area contributed by atoms with Crippen LogP contribution in [0.15, 0.2) is 24.4 Å². The molecule has 1 fully saturated rings. The SMILES string of the molecule is COc1cc(NC(=O)CC[C@@H]2CCCN(C(=O)c3cn[nH]c3C)C2)cc(OC)c1. The summed E-state index contributed by atoms with van der Waals surface area (Å²) in [6, 6.07) is 5.27. The van der Waals surface area contributed by atoms with Crippen molar-refractivity contribution < 1.29 is 19.1 Å². The van der Waals surface area contributed by atoms with E-state index in [0.29, 0.717) is 41.6 Å². The Hall–Kier alpha value is -3.03. The lowest BCUT2D eigenvalue weighted by Crippen LogP contribution is -2.40. The Balaban J connectivity index is 1.52. The zero-order chi connectivity index (χ0) is 20.8. The lowest BCUT2D eigenvalue weighted by Gasteiger charge is -2.32. The summed E-state index contributed by atoms with van der Waals surface area (Å²) in [5.74, 6) is 1.50. The second-order valence-corrected chi connectivity index (χ2v) is 7.36.